The van der Waals surface area contributed by atoms with E-state index in [0.717, 1.165) is 28.9 Å². The van der Waals surface area contributed by atoms with Crippen molar-refractivity contribution in [3.63, 3.8) is 0 Å². The van der Waals surface area contributed by atoms with E-state index in [1.54, 1.807) is 19.4 Å². The van der Waals surface area contributed by atoms with Gasteiger partial charge < -0.3 is 14.4 Å². The van der Waals surface area contributed by atoms with Crippen LogP contribution in [0.25, 0.3) is 0 Å². The highest BCUT2D eigenvalue weighted by Gasteiger charge is 2.27. The smallest absolute Gasteiger partial charge is 0.254 e. The summed E-state index contributed by atoms with van der Waals surface area (Å²) in [4.78, 5) is 19.1. The molecule has 0 radical (unpaired) electrons. The standard InChI is InChI=1S/C22H24N4O3/c1-15-7-9-23-21(11-15)29-14-19-18-13-26(10-8-20(18)25(2)24-19)22(27)16-5-4-6-17(12-16)28-3/h4-7,9,11-12H,8,10,13-14H2,1-3H3. The molecule has 150 valence electrons. The lowest BCUT2D eigenvalue weighted by atomic mass is 10.0. The van der Waals surface area contributed by atoms with E-state index in [1.165, 1.54) is 0 Å². The predicted octanol–water partition coefficient (Wildman–Crippen LogP) is 2.91. The Morgan fingerprint density at radius 1 is 1.24 bits per heavy atom. The van der Waals surface area contributed by atoms with E-state index < -0.39 is 0 Å². The molecule has 0 fully saturated rings. The minimum atomic E-state index is -0.00868. The maximum Gasteiger partial charge on any atom is 0.254 e. The van der Waals surface area contributed by atoms with Crippen LogP contribution in [0.5, 0.6) is 11.6 Å². The number of aromatic nitrogens is 3. The van der Waals surface area contributed by atoms with Crippen molar-refractivity contribution in [2.75, 3.05) is 13.7 Å². The second kappa shape index (κ2) is 7.95. The van der Waals surface area contributed by atoms with Crippen LogP contribution in [0.3, 0.4) is 0 Å². The number of methoxy groups -OCH3 is 1. The summed E-state index contributed by atoms with van der Waals surface area (Å²) in [6.45, 7) is 3.49. The average Bonchev–Trinajstić information content (AvgIpc) is 3.07. The molecule has 7 heteroatoms. The fraction of sp³-hybridized carbons (Fsp3) is 0.318. The minimum Gasteiger partial charge on any atom is -0.497 e. The van der Waals surface area contributed by atoms with Gasteiger partial charge in [0.25, 0.3) is 5.91 Å². The van der Waals surface area contributed by atoms with Crippen LogP contribution in [0.2, 0.25) is 0 Å². The molecular formula is C22H24N4O3. The van der Waals surface area contributed by atoms with E-state index in [2.05, 4.69) is 10.1 Å². The molecule has 2 aromatic heterocycles. The van der Waals surface area contributed by atoms with Crippen molar-refractivity contribution >= 4 is 5.91 Å². The van der Waals surface area contributed by atoms with Crippen LogP contribution in [0.15, 0.2) is 42.6 Å². The molecule has 0 saturated heterocycles. The van der Waals surface area contributed by atoms with Crippen LogP contribution < -0.4 is 9.47 Å². The molecule has 1 aliphatic heterocycles. The van der Waals surface area contributed by atoms with E-state index >= 15 is 0 Å². The molecule has 1 amide bonds. The molecule has 3 heterocycles. The molecule has 0 saturated carbocycles. The highest BCUT2D eigenvalue weighted by Crippen LogP contribution is 2.25. The van der Waals surface area contributed by atoms with Crippen molar-refractivity contribution in [1.82, 2.24) is 19.7 Å². The fourth-order valence-corrected chi connectivity index (χ4v) is 3.63. The number of hydrogen-bond acceptors (Lipinski definition) is 5. The second-order valence-electron chi connectivity index (χ2n) is 7.16. The average molecular weight is 392 g/mol. The van der Waals surface area contributed by atoms with E-state index in [9.17, 15) is 4.79 Å². The Balaban J connectivity index is 1.53. The number of rotatable bonds is 5. The molecule has 0 aliphatic carbocycles. The third kappa shape index (κ3) is 3.94. The molecule has 1 aliphatic rings. The number of aryl methyl sites for hydroxylation is 2. The van der Waals surface area contributed by atoms with Gasteiger partial charge in [-0.3, -0.25) is 9.48 Å². The summed E-state index contributed by atoms with van der Waals surface area (Å²) < 4.78 is 13.0. The number of hydrogen-bond donors (Lipinski definition) is 0. The molecule has 4 rings (SSSR count). The van der Waals surface area contributed by atoms with E-state index in [4.69, 9.17) is 9.47 Å². The first-order valence-electron chi connectivity index (χ1n) is 9.57. The number of fused-ring (bicyclic) bond motifs is 1. The first-order chi connectivity index (χ1) is 14.0. The number of pyridine rings is 1. The van der Waals surface area contributed by atoms with Crippen LogP contribution in [-0.2, 0) is 26.6 Å². The fourth-order valence-electron chi connectivity index (χ4n) is 3.63. The van der Waals surface area contributed by atoms with Gasteiger partial charge in [0.15, 0.2) is 0 Å². The summed E-state index contributed by atoms with van der Waals surface area (Å²) in [6.07, 6.45) is 2.49. The van der Waals surface area contributed by atoms with E-state index in [-0.39, 0.29) is 5.91 Å². The first kappa shape index (κ1) is 19.0. The van der Waals surface area contributed by atoms with Gasteiger partial charge in [-0.05, 0) is 36.8 Å². The molecule has 7 nitrogen and oxygen atoms in total. The van der Waals surface area contributed by atoms with Gasteiger partial charge in [0.2, 0.25) is 5.88 Å². The number of carbonyl (C=O) groups is 1. The summed E-state index contributed by atoms with van der Waals surface area (Å²) in [5.41, 5.74) is 4.76. The molecule has 0 N–H and O–H groups in total. The van der Waals surface area contributed by atoms with E-state index in [0.29, 0.717) is 36.9 Å². The van der Waals surface area contributed by atoms with Gasteiger partial charge in [0, 0.05) is 55.6 Å². The largest absolute Gasteiger partial charge is 0.497 e. The van der Waals surface area contributed by atoms with Gasteiger partial charge in [-0.25, -0.2) is 4.98 Å². The predicted molar refractivity (Wildman–Crippen MR) is 108 cm³/mol. The highest BCUT2D eigenvalue weighted by atomic mass is 16.5. The molecular weight excluding hydrogens is 368 g/mol. The van der Waals surface area contributed by atoms with Gasteiger partial charge in [0.1, 0.15) is 18.1 Å². The van der Waals surface area contributed by atoms with Crippen molar-refractivity contribution < 1.29 is 14.3 Å². The second-order valence-corrected chi connectivity index (χ2v) is 7.16. The Morgan fingerprint density at radius 2 is 2.10 bits per heavy atom. The highest BCUT2D eigenvalue weighted by molar-refractivity contribution is 5.94. The van der Waals surface area contributed by atoms with Gasteiger partial charge in [-0.15, -0.1) is 0 Å². The zero-order valence-corrected chi connectivity index (χ0v) is 16.9. The van der Waals surface area contributed by atoms with Gasteiger partial charge >= 0.3 is 0 Å². The summed E-state index contributed by atoms with van der Waals surface area (Å²) in [7, 11) is 3.54. The van der Waals surface area contributed by atoms with Crippen LogP contribution in [-0.4, -0.2) is 39.2 Å². The quantitative estimate of drug-likeness (QED) is 0.668. The van der Waals surface area contributed by atoms with Crippen molar-refractivity contribution in [1.29, 1.82) is 0 Å². The zero-order valence-electron chi connectivity index (χ0n) is 16.9. The van der Waals surface area contributed by atoms with Gasteiger partial charge in [0.05, 0.1) is 7.11 Å². The van der Waals surface area contributed by atoms with Crippen LogP contribution in [0, 0.1) is 6.92 Å². The molecule has 0 bridgehead atoms. The maximum atomic E-state index is 13.0. The number of benzene rings is 1. The lowest BCUT2D eigenvalue weighted by molar-refractivity contribution is 0.0732. The summed E-state index contributed by atoms with van der Waals surface area (Å²) in [5, 5.41) is 4.63. The lowest BCUT2D eigenvalue weighted by Crippen LogP contribution is -2.36. The summed E-state index contributed by atoms with van der Waals surface area (Å²) >= 11 is 0. The monoisotopic (exact) mass is 392 g/mol. The van der Waals surface area contributed by atoms with Gasteiger partial charge in [-0.1, -0.05) is 6.07 Å². The summed E-state index contributed by atoms with van der Waals surface area (Å²) in [5.74, 6) is 1.24. The Hall–Kier alpha value is -3.35. The third-order valence-electron chi connectivity index (χ3n) is 5.18. The molecule has 3 aromatic rings. The molecule has 0 spiro atoms. The minimum absolute atomic E-state index is 0.00868. The Labute approximate surface area is 169 Å². The van der Waals surface area contributed by atoms with E-state index in [1.807, 2.05) is 53.9 Å². The van der Waals surface area contributed by atoms with Crippen molar-refractivity contribution in [2.24, 2.45) is 7.05 Å². The van der Waals surface area contributed by atoms with Crippen LogP contribution >= 0.6 is 0 Å². The molecule has 29 heavy (non-hydrogen) atoms. The maximum absolute atomic E-state index is 13.0. The van der Waals surface area contributed by atoms with Crippen molar-refractivity contribution in [3.8, 4) is 11.6 Å². The van der Waals surface area contributed by atoms with Crippen molar-refractivity contribution in [3.05, 3.63) is 70.7 Å². The number of amides is 1. The Bertz CT molecular complexity index is 1040. The Morgan fingerprint density at radius 3 is 2.90 bits per heavy atom. The SMILES string of the molecule is COc1cccc(C(=O)N2CCc3c(c(COc4cc(C)ccn4)nn3C)C2)c1. The van der Waals surface area contributed by atoms with Crippen LogP contribution in [0.1, 0.15) is 32.9 Å². The van der Waals surface area contributed by atoms with Crippen molar-refractivity contribution in [2.45, 2.75) is 26.5 Å². The van der Waals surface area contributed by atoms with Crippen LogP contribution in [0.4, 0.5) is 0 Å². The topological polar surface area (TPSA) is 69.5 Å². The number of carbonyl (C=O) groups excluding carboxylic acids is 1. The van der Waals surface area contributed by atoms with Gasteiger partial charge in [-0.2, -0.15) is 5.10 Å². The number of nitrogens with zero attached hydrogens (tertiary/aromatic N) is 4. The zero-order chi connectivity index (χ0) is 20.4. The third-order valence-corrected chi connectivity index (χ3v) is 5.18. The summed E-state index contributed by atoms with van der Waals surface area (Å²) in [6, 6.07) is 11.1. The molecule has 0 unspecified atom stereocenters. The lowest BCUT2D eigenvalue weighted by Gasteiger charge is -2.28. The number of ether oxygens (including phenoxy) is 2. The first-order valence-corrected chi connectivity index (χ1v) is 9.57. The Kier molecular flexibility index (Phi) is 5.20. The normalized spacial score (nSPS) is 13.1. The molecule has 1 aromatic carbocycles. The molecule has 0 atom stereocenters.